The molecule has 0 bridgehead atoms. The Morgan fingerprint density at radius 3 is 2.73 bits per heavy atom. The lowest BCUT2D eigenvalue weighted by atomic mass is 10.2. The minimum absolute atomic E-state index is 0.0381. The van der Waals surface area contributed by atoms with Gasteiger partial charge in [-0.15, -0.1) is 0 Å². The van der Waals surface area contributed by atoms with E-state index in [0.717, 1.165) is 21.0 Å². The molecule has 0 radical (unpaired) electrons. The van der Waals surface area contributed by atoms with Gasteiger partial charge in [-0.05, 0) is 19.5 Å². The van der Waals surface area contributed by atoms with Crippen LogP contribution in [0, 0.1) is 0 Å². The number of aromatic nitrogens is 2. The normalized spacial score (nSPS) is 12.8. The highest BCUT2D eigenvalue weighted by molar-refractivity contribution is 7.23. The van der Waals surface area contributed by atoms with Crippen molar-refractivity contribution in [2.24, 2.45) is 9.98 Å². The molecule has 5 nitrogen and oxygen atoms in total. The highest BCUT2D eigenvalue weighted by Crippen LogP contribution is 2.42. The number of anilines is 1. The average molecular weight is 311 g/mol. The lowest BCUT2D eigenvalue weighted by molar-refractivity contribution is 0.896. The van der Waals surface area contributed by atoms with Crippen LogP contribution < -0.4 is 4.90 Å². The molecule has 0 aliphatic heterocycles. The number of hydrogen-bond donors (Lipinski definition) is 0. The summed E-state index contributed by atoms with van der Waals surface area (Å²) in [6, 6.07) is -0.0381. The summed E-state index contributed by atoms with van der Waals surface area (Å²) in [6.45, 7) is 10.8. The zero-order valence-electron chi connectivity index (χ0n) is 12.4. The first-order chi connectivity index (χ1) is 10.7. The van der Waals surface area contributed by atoms with Crippen molar-refractivity contribution in [3.8, 4) is 0 Å². The number of likely N-dealkylation sites (N-methyl/N-ethyl adjacent to an activating group) is 1. The third-order valence-corrected chi connectivity index (χ3v) is 4.07. The van der Waals surface area contributed by atoms with Crippen LogP contribution in [-0.4, -0.2) is 36.5 Å². The minimum atomic E-state index is -0.0381. The van der Waals surface area contributed by atoms with Crippen LogP contribution in [0.1, 0.15) is 0 Å². The quantitative estimate of drug-likeness (QED) is 0.577. The van der Waals surface area contributed by atoms with E-state index >= 15 is 0 Å². The summed E-state index contributed by atoms with van der Waals surface area (Å²) in [5.41, 5.74) is 1.71. The molecule has 2 heterocycles. The van der Waals surface area contributed by atoms with Crippen molar-refractivity contribution in [3.63, 3.8) is 0 Å². The molecule has 2 rings (SSSR count). The van der Waals surface area contributed by atoms with Gasteiger partial charge in [-0.2, -0.15) is 0 Å². The monoisotopic (exact) mass is 311 g/mol. The molecule has 0 saturated heterocycles. The van der Waals surface area contributed by atoms with E-state index in [0.29, 0.717) is 0 Å². The van der Waals surface area contributed by atoms with Gasteiger partial charge in [0.1, 0.15) is 21.0 Å². The number of aliphatic imine (C=N–C) groups is 2. The van der Waals surface area contributed by atoms with Gasteiger partial charge in [-0.3, -0.25) is 9.98 Å². The molecule has 0 spiro atoms. The highest BCUT2D eigenvalue weighted by atomic mass is 32.1. The van der Waals surface area contributed by atoms with Gasteiger partial charge in [0.2, 0.25) is 0 Å². The van der Waals surface area contributed by atoms with Gasteiger partial charge >= 0.3 is 0 Å². The summed E-state index contributed by atoms with van der Waals surface area (Å²) in [5.74, 6) is 0. The summed E-state index contributed by atoms with van der Waals surface area (Å²) < 4.78 is 0. The first-order valence-electron chi connectivity index (χ1n) is 6.57. The maximum atomic E-state index is 4.43. The Bertz CT molecular complexity index is 726. The van der Waals surface area contributed by atoms with Crippen LogP contribution in [-0.2, 0) is 0 Å². The Labute approximate surface area is 133 Å². The van der Waals surface area contributed by atoms with Gasteiger partial charge < -0.3 is 4.90 Å². The lowest BCUT2D eigenvalue weighted by Crippen LogP contribution is -2.28. The van der Waals surface area contributed by atoms with Gasteiger partial charge in [-0.1, -0.05) is 36.1 Å². The van der Waals surface area contributed by atoms with Crippen LogP contribution in [0.25, 0.3) is 10.3 Å². The average Bonchev–Trinajstić information content (AvgIpc) is 2.93. The first-order valence-corrected chi connectivity index (χ1v) is 7.39. The predicted molar refractivity (Wildman–Crippen MR) is 96.8 cm³/mol. The predicted octanol–water partition coefficient (Wildman–Crippen LogP) is 3.78. The molecule has 0 amide bonds. The van der Waals surface area contributed by atoms with Crippen LogP contribution in [0.2, 0.25) is 0 Å². The molecular formula is C16H17N5S. The largest absolute Gasteiger partial charge is 0.360 e. The Morgan fingerprint density at radius 1 is 1.27 bits per heavy atom. The summed E-state index contributed by atoms with van der Waals surface area (Å²) >= 11 is 1.47. The molecule has 0 fully saturated rings. The molecule has 0 N–H and O–H groups in total. The molecule has 0 aliphatic rings. The second-order valence-corrected chi connectivity index (χ2v) is 5.35. The van der Waals surface area contributed by atoms with Crippen LogP contribution in [0.15, 0.2) is 59.5 Å². The molecular weight excluding hydrogens is 294 g/mol. The number of fused-ring (bicyclic) bond motifs is 1. The van der Waals surface area contributed by atoms with E-state index in [-0.39, 0.29) is 6.04 Å². The Kier molecular flexibility index (Phi) is 5.32. The Hall–Kier alpha value is -2.60. The van der Waals surface area contributed by atoms with E-state index in [2.05, 4.69) is 44.9 Å². The van der Waals surface area contributed by atoms with Crippen molar-refractivity contribution in [2.45, 2.75) is 6.04 Å². The molecule has 6 heteroatoms. The number of nitrogens with zero attached hydrogens (tertiary/aromatic N) is 5. The van der Waals surface area contributed by atoms with E-state index in [1.54, 1.807) is 24.7 Å². The molecule has 0 saturated carbocycles. The smallest absolute Gasteiger partial charge is 0.146 e. The summed E-state index contributed by atoms with van der Waals surface area (Å²) in [4.78, 5) is 19.5. The van der Waals surface area contributed by atoms with E-state index in [4.69, 9.17) is 0 Å². The molecule has 2 aromatic heterocycles. The van der Waals surface area contributed by atoms with E-state index in [1.165, 1.54) is 11.3 Å². The molecule has 2 aromatic rings. The standard InChI is InChI=1S/C16H17N5S/c1-5-6-7-12(8-9-17-2)21(4)14-13-15(20-11-10-19-13)22-16(14)18-3/h5-12H,1-3H2,4H3/b7-6?,9-8-. The second kappa shape index (κ2) is 7.42. The van der Waals surface area contributed by atoms with Crippen LogP contribution in [0.4, 0.5) is 10.7 Å². The molecule has 0 aliphatic carbocycles. The third kappa shape index (κ3) is 3.17. The van der Waals surface area contributed by atoms with Gasteiger partial charge in [0.15, 0.2) is 0 Å². The SMILES string of the molecule is C=CC=CC(/C=C\N=C)N(C)c1c(N=C)sc2nccnc12. The van der Waals surface area contributed by atoms with E-state index < -0.39 is 0 Å². The maximum Gasteiger partial charge on any atom is 0.146 e. The Balaban J connectivity index is 2.53. The van der Waals surface area contributed by atoms with Gasteiger partial charge in [0.25, 0.3) is 0 Å². The van der Waals surface area contributed by atoms with Gasteiger partial charge in [-0.25, -0.2) is 9.97 Å². The van der Waals surface area contributed by atoms with Crippen molar-refractivity contribution >= 4 is 45.8 Å². The van der Waals surface area contributed by atoms with Crippen molar-refractivity contribution in [1.29, 1.82) is 0 Å². The molecule has 112 valence electrons. The zero-order chi connectivity index (χ0) is 15.9. The molecule has 22 heavy (non-hydrogen) atoms. The van der Waals surface area contributed by atoms with Gasteiger partial charge in [0, 0.05) is 25.6 Å². The van der Waals surface area contributed by atoms with E-state index in [9.17, 15) is 0 Å². The summed E-state index contributed by atoms with van der Waals surface area (Å²) in [7, 11) is 1.97. The molecule has 0 aromatic carbocycles. The summed E-state index contributed by atoms with van der Waals surface area (Å²) in [5, 5.41) is 0.792. The first kappa shape index (κ1) is 15.8. The molecule has 1 atom stereocenters. The van der Waals surface area contributed by atoms with Crippen molar-refractivity contribution in [1.82, 2.24) is 9.97 Å². The topological polar surface area (TPSA) is 53.7 Å². The van der Waals surface area contributed by atoms with Crippen LogP contribution >= 0.6 is 11.3 Å². The fraction of sp³-hybridized carbons (Fsp3) is 0.125. The fourth-order valence-electron chi connectivity index (χ4n) is 2.04. The Morgan fingerprint density at radius 2 is 2.05 bits per heavy atom. The van der Waals surface area contributed by atoms with Crippen molar-refractivity contribution in [2.75, 3.05) is 11.9 Å². The maximum absolute atomic E-state index is 4.43. The van der Waals surface area contributed by atoms with Crippen molar-refractivity contribution < 1.29 is 0 Å². The van der Waals surface area contributed by atoms with Gasteiger partial charge in [0.05, 0.1) is 6.04 Å². The third-order valence-electron chi connectivity index (χ3n) is 3.06. The van der Waals surface area contributed by atoms with E-state index in [1.807, 2.05) is 25.3 Å². The number of thiophene rings is 1. The zero-order valence-corrected chi connectivity index (χ0v) is 13.2. The molecule has 1 unspecified atom stereocenters. The van der Waals surface area contributed by atoms with Crippen LogP contribution in [0.5, 0.6) is 0 Å². The second-order valence-electron chi connectivity index (χ2n) is 4.37. The lowest BCUT2D eigenvalue weighted by Gasteiger charge is -2.24. The minimum Gasteiger partial charge on any atom is -0.360 e. The number of hydrogen-bond acceptors (Lipinski definition) is 6. The van der Waals surface area contributed by atoms with Crippen LogP contribution in [0.3, 0.4) is 0 Å². The fourth-order valence-corrected chi connectivity index (χ4v) is 2.99. The highest BCUT2D eigenvalue weighted by Gasteiger charge is 2.20. The number of rotatable bonds is 7. The van der Waals surface area contributed by atoms with Crippen molar-refractivity contribution in [3.05, 3.63) is 49.5 Å². The number of allylic oxidation sites excluding steroid dienone is 2. The summed E-state index contributed by atoms with van der Waals surface area (Å²) in [6.07, 6.45) is 12.6.